The summed E-state index contributed by atoms with van der Waals surface area (Å²) in [6.07, 6.45) is 3.86. The van der Waals surface area contributed by atoms with Crippen molar-refractivity contribution in [2.75, 3.05) is 36.9 Å². The van der Waals surface area contributed by atoms with E-state index in [1.54, 1.807) is 18.2 Å². The Morgan fingerprint density at radius 2 is 1.68 bits per heavy atom. The molecule has 4 N–H and O–H groups in total. The van der Waals surface area contributed by atoms with Gasteiger partial charge in [-0.25, -0.2) is 0 Å². The van der Waals surface area contributed by atoms with E-state index >= 15 is 0 Å². The number of nitrogens with one attached hydrogen (secondary N) is 3. The highest BCUT2D eigenvalue weighted by molar-refractivity contribution is 6.37. The van der Waals surface area contributed by atoms with Gasteiger partial charge in [0.15, 0.2) is 0 Å². The van der Waals surface area contributed by atoms with E-state index in [1.807, 2.05) is 30.3 Å². The van der Waals surface area contributed by atoms with E-state index in [1.165, 1.54) is 24.8 Å². The molecule has 37 heavy (non-hydrogen) atoms. The highest BCUT2D eigenvalue weighted by Gasteiger charge is 2.29. The van der Waals surface area contributed by atoms with Crippen LogP contribution < -0.4 is 16.0 Å². The molecule has 1 fully saturated rings. The summed E-state index contributed by atoms with van der Waals surface area (Å²) in [7, 11) is 0. The van der Waals surface area contributed by atoms with Gasteiger partial charge >= 0.3 is 0 Å². The maximum atomic E-state index is 13.2. The fraction of sp³-hybridized carbons (Fsp3) is 0.267. The van der Waals surface area contributed by atoms with Crippen LogP contribution in [0.1, 0.15) is 46.3 Å². The van der Waals surface area contributed by atoms with Gasteiger partial charge in [-0.3, -0.25) is 14.5 Å². The normalized spacial score (nSPS) is 16.6. The minimum Gasteiger partial charge on any atom is -0.395 e. The molecule has 0 aliphatic carbocycles. The lowest BCUT2D eigenvalue weighted by atomic mass is 9.98. The van der Waals surface area contributed by atoms with Crippen molar-refractivity contribution in [3.05, 3.63) is 95.1 Å². The third-order valence-corrected chi connectivity index (χ3v) is 6.81. The van der Waals surface area contributed by atoms with Gasteiger partial charge in [0.25, 0.3) is 11.8 Å². The van der Waals surface area contributed by atoms with Gasteiger partial charge in [-0.15, -0.1) is 0 Å². The van der Waals surface area contributed by atoms with Crippen LogP contribution in [0.2, 0.25) is 0 Å². The summed E-state index contributed by atoms with van der Waals surface area (Å²) in [5, 5.41) is 18.0. The first-order chi connectivity index (χ1) is 18.1. The Bertz CT molecular complexity index is 1300. The summed E-state index contributed by atoms with van der Waals surface area (Å²) in [6, 6.07) is 23.4. The van der Waals surface area contributed by atoms with Crippen molar-refractivity contribution in [2.45, 2.75) is 25.8 Å². The van der Waals surface area contributed by atoms with Crippen molar-refractivity contribution in [3.63, 3.8) is 0 Å². The largest absolute Gasteiger partial charge is 0.395 e. The van der Waals surface area contributed by atoms with Crippen LogP contribution in [0, 0.1) is 0 Å². The second-order valence-corrected chi connectivity index (χ2v) is 9.47. The van der Waals surface area contributed by atoms with E-state index in [9.17, 15) is 9.59 Å². The van der Waals surface area contributed by atoms with Crippen LogP contribution >= 0.6 is 0 Å². The van der Waals surface area contributed by atoms with Gasteiger partial charge in [0, 0.05) is 35.6 Å². The summed E-state index contributed by atoms with van der Waals surface area (Å²) in [6.45, 7) is 3.31. The fourth-order valence-corrected chi connectivity index (χ4v) is 4.93. The molecule has 2 aliphatic heterocycles. The number of carbonyl (C=O) groups is 2. The molecule has 3 aromatic carbocycles. The molecular weight excluding hydrogens is 464 g/mol. The molecule has 0 atom stereocenters. The van der Waals surface area contributed by atoms with Gasteiger partial charge in [0.2, 0.25) is 0 Å². The summed E-state index contributed by atoms with van der Waals surface area (Å²) in [5.74, 6) is -0.523. The second kappa shape index (κ2) is 11.4. The Labute approximate surface area is 217 Å². The zero-order valence-corrected chi connectivity index (χ0v) is 20.8. The van der Waals surface area contributed by atoms with Crippen LogP contribution in [0.15, 0.2) is 72.8 Å². The van der Waals surface area contributed by atoms with Crippen LogP contribution in [-0.2, 0) is 11.3 Å². The molecule has 2 aliphatic rings. The molecule has 0 aromatic heterocycles. The quantitative estimate of drug-likeness (QED) is 0.349. The zero-order chi connectivity index (χ0) is 25.6. The smallest absolute Gasteiger partial charge is 0.258 e. The van der Waals surface area contributed by atoms with Crippen LogP contribution in [0.4, 0.5) is 11.4 Å². The average molecular weight is 497 g/mol. The number of hydrogen-bond acceptors (Lipinski definition) is 5. The summed E-state index contributed by atoms with van der Waals surface area (Å²) < 4.78 is 0. The molecule has 0 saturated carbocycles. The molecule has 190 valence electrons. The molecule has 0 bridgehead atoms. The van der Waals surface area contributed by atoms with Crippen molar-refractivity contribution >= 4 is 34.5 Å². The van der Waals surface area contributed by atoms with Crippen molar-refractivity contribution in [1.29, 1.82) is 0 Å². The lowest BCUT2D eigenvalue weighted by Crippen LogP contribution is -2.29. The number of amides is 2. The Hall–Kier alpha value is -3.94. The van der Waals surface area contributed by atoms with Crippen LogP contribution in [0.25, 0.3) is 11.3 Å². The average Bonchev–Trinajstić information content (AvgIpc) is 3.27. The molecule has 0 unspecified atom stereocenters. The number of benzene rings is 3. The molecule has 5 rings (SSSR count). The topological polar surface area (TPSA) is 93.7 Å². The molecule has 7 heteroatoms. The number of likely N-dealkylation sites (tertiary alicyclic amines) is 1. The first kappa shape index (κ1) is 24.7. The minimum absolute atomic E-state index is 0.133. The first-order valence-electron chi connectivity index (χ1n) is 12.9. The molecule has 0 spiro atoms. The van der Waals surface area contributed by atoms with Crippen molar-refractivity contribution in [1.82, 2.24) is 10.2 Å². The fourth-order valence-electron chi connectivity index (χ4n) is 4.93. The maximum Gasteiger partial charge on any atom is 0.258 e. The summed E-state index contributed by atoms with van der Waals surface area (Å²) in [4.78, 5) is 28.1. The molecule has 2 amide bonds. The highest BCUT2D eigenvalue weighted by atomic mass is 16.3. The molecule has 0 radical (unpaired) electrons. The van der Waals surface area contributed by atoms with Crippen molar-refractivity contribution in [3.8, 4) is 0 Å². The van der Waals surface area contributed by atoms with Crippen molar-refractivity contribution < 1.29 is 14.7 Å². The molecular formula is C30H32N4O3. The third kappa shape index (κ3) is 5.74. The molecule has 3 aromatic rings. The predicted molar refractivity (Wildman–Crippen MR) is 147 cm³/mol. The Morgan fingerprint density at radius 3 is 2.41 bits per heavy atom. The SMILES string of the molecule is O=C1Nc2cc(C(=O)NCCO)ccc2/C1=C(/Nc1ccc(CN2CCCCC2)cc1)c1ccccc1. The van der Waals surface area contributed by atoms with E-state index in [0.717, 1.165) is 36.4 Å². The maximum absolute atomic E-state index is 13.2. The number of anilines is 2. The van der Waals surface area contributed by atoms with E-state index < -0.39 is 0 Å². The Morgan fingerprint density at radius 1 is 0.919 bits per heavy atom. The number of hydrogen-bond donors (Lipinski definition) is 4. The molecule has 1 saturated heterocycles. The number of rotatable bonds is 8. The lowest BCUT2D eigenvalue weighted by Gasteiger charge is -2.26. The monoisotopic (exact) mass is 496 g/mol. The number of piperidine rings is 1. The van der Waals surface area contributed by atoms with Gasteiger partial charge < -0.3 is 21.1 Å². The van der Waals surface area contributed by atoms with E-state index in [-0.39, 0.29) is 25.0 Å². The molecule has 7 nitrogen and oxygen atoms in total. The summed E-state index contributed by atoms with van der Waals surface area (Å²) >= 11 is 0. The zero-order valence-electron chi connectivity index (χ0n) is 20.8. The Kier molecular flexibility index (Phi) is 7.63. The number of fused-ring (bicyclic) bond motifs is 1. The highest BCUT2D eigenvalue weighted by Crippen LogP contribution is 2.38. The number of aliphatic hydroxyl groups excluding tert-OH is 1. The number of carbonyl (C=O) groups excluding carboxylic acids is 2. The second-order valence-electron chi connectivity index (χ2n) is 9.47. The van der Waals surface area contributed by atoms with E-state index in [0.29, 0.717) is 22.5 Å². The van der Waals surface area contributed by atoms with Gasteiger partial charge in [0.1, 0.15) is 0 Å². The van der Waals surface area contributed by atoms with Crippen LogP contribution in [-0.4, -0.2) is 48.1 Å². The van der Waals surface area contributed by atoms with Crippen LogP contribution in [0.3, 0.4) is 0 Å². The van der Waals surface area contributed by atoms with Crippen LogP contribution in [0.5, 0.6) is 0 Å². The lowest BCUT2D eigenvalue weighted by molar-refractivity contribution is -0.110. The van der Waals surface area contributed by atoms with Gasteiger partial charge in [-0.2, -0.15) is 0 Å². The van der Waals surface area contributed by atoms with Gasteiger partial charge in [0.05, 0.1) is 17.9 Å². The minimum atomic E-state index is -0.297. The van der Waals surface area contributed by atoms with E-state index in [2.05, 4.69) is 45.1 Å². The molecule has 2 heterocycles. The summed E-state index contributed by atoms with van der Waals surface area (Å²) in [5.41, 5.74) is 6.04. The van der Waals surface area contributed by atoms with Gasteiger partial charge in [-0.05, 0) is 61.3 Å². The first-order valence-corrected chi connectivity index (χ1v) is 12.9. The Balaban J connectivity index is 1.45. The number of aliphatic hydroxyl groups is 1. The third-order valence-electron chi connectivity index (χ3n) is 6.81. The van der Waals surface area contributed by atoms with Crippen molar-refractivity contribution in [2.24, 2.45) is 0 Å². The predicted octanol–water partition coefficient (Wildman–Crippen LogP) is 4.33. The van der Waals surface area contributed by atoms with Gasteiger partial charge in [-0.1, -0.05) is 55.0 Å². The number of nitrogens with zero attached hydrogens (tertiary/aromatic N) is 1. The van der Waals surface area contributed by atoms with E-state index in [4.69, 9.17) is 5.11 Å². The standard InChI is InChI=1S/C30H32N4O3/c35-18-15-31-29(36)23-11-14-25-26(19-23)33-30(37)27(25)28(22-7-3-1-4-8-22)32-24-12-9-21(10-13-24)20-34-16-5-2-6-17-34/h1,3-4,7-14,19,32,35H,2,5-6,15-18,20H2,(H,31,36)(H,33,37)/b28-27-.